The largest absolute Gasteiger partial charge is 0.416 e. The topological polar surface area (TPSA) is 92.3 Å². The SMILES string of the molecule is CS(=O)(=O)Cc1cccc(C(=O)Nc2ccccc2C(=O)Nc2cccc(C(F)(F)F)c2)c1. The molecule has 0 atom stereocenters. The lowest BCUT2D eigenvalue weighted by molar-refractivity contribution is -0.137. The fourth-order valence-corrected chi connectivity index (χ4v) is 3.85. The number of carbonyl (C=O) groups is 2. The van der Waals surface area contributed by atoms with E-state index in [0.29, 0.717) is 5.56 Å². The summed E-state index contributed by atoms with van der Waals surface area (Å²) >= 11 is 0. The van der Waals surface area contributed by atoms with Gasteiger partial charge in [0.25, 0.3) is 11.8 Å². The molecule has 33 heavy (non-hydrogen) atoms. The number of hydrogen-bond donors (Lipinski definition) is 2. The van der Waals surface area contributed by atoms with Crippen molar-refractivity contribution in [3.8, 4) is 0 Å². The lowest BCUT2D eigenvalue weighted by Crippen LogP contribution is -2.18. The minimum absolute atomic E-state index is 0.0375. The Labute approximate surface area is 188 Å². The number of sulfone groups is 1. The zero-order valence-corrected chi connectivity index (χ0v) is 18.1. The van der Waals surface area contributed by atoms with Gasteiger partial charge in [0.1, 0.15) is 0 Å². The van der Waals surface area contributed by atoms with Crippen LogP contribution in [0.15, 0.2) is 72.8 Å². The van der Waals surface area contributed by atoms with Gasteiger partial charge in [-0.25, -0.2) is 8.42 Å². The van der Waals surface area contributed by atoms with Crippen LogP contribution in [0.1, 0.15) is 31.8 Å². The van der Waals surface area contributed by atoms with E-state index >= 15 is 0 Å². The van der Waals surface area contributed by atoms with E-state index in [2.05, 4.69) is 10.6 Å². The molecule has 0 radical (unpaired) electrons. The Bertz CT molecular complexity index is 1300. The minimum Gasteiger partial charge on any atom is -0.322 e. The van der Waals surface area contributed by atoms with Crippen molar-refractivity contribution in [1.29, 1.82) is 0 Å². The second kappa shape index (κ2) is 9.45. The average molecular weight is 476 g/mol. The van der Waals surface area contributed by atoms with Gasteiger partial charge in [-0.3, -0.25) is 9.59 Å². The summed E-state index contributed by atoms with van der Waals surface area (Å²) in [6, 6.07) is 16.3. The Morgan fingerprint density at radius 2 is 1.55 bits per heavy atom. The summed E-state index contributed by atoms with van der Waals surface area (Å²) in [5, 5.41) is 4.99. The molecule has 2 amide bonds. The fourth-order valence-electron chi connectivity index (χ4n) is 3.06. The average Bonchev–Trinajstić information content (AvgIpc) is 2.72. The highest BCUT2D eigenvalue weighted by Gasteiger charge is 2.30. The van der Waals surface area contributed by atoms with Crippen molar-refractivity contribution in [3.05, 3.63) is 95.1 Å². The Balaban J connectivity index is 1.80. The van der Waals surface area contributed by atoms with Gasteiger partial charge in [-0.1, -0.05) is 30.3 Å². The van der Waals surface area contributed by atoms with Crippen molar-refractivity contribution in [2.45, 2.75) is 11.9 Å². The van der Waals surface area contributed by atoms with E-state index in [1.165, 1.54) is 36.4 Å². The molecule has 2 N–H and O–H groups in total. The summed E-state index contributed by atoms with van der Waals surface area (Å²) in [6.07, 6.45) is -3.47. The summed E-state index contributed by atoms with van der Waals surface area (Å²) in [6.45, 7) is 0. The number of alkyl halides is 3. The molecule has 0 saturated carbocycles. The Morgan fingerprint density at radius 3 is 2.24 bits per heavy atom. The van der Waals surface area contributed by atoms with Gasteiger partial charge in [0.15, 0.2) is 9.84 Å². The number of para-hydroxylation sites is 1. The van der Waals surface area contributed by atoms with Crippen LogP contribution in [0.4, 0.5) is 24.5 Å². The predicted molar refractivity (Wildman–Crippen MR) is 119 cm³/mol. The molecule has 0 heterocycles. The van der Waals surface area contributed by atoms with E-state index in [4.69, 9.17) is 0 Å². The van der Waals surface area contributed by atoms with E-state index in [1.807, 2.05) is 0 Å². The predicted octanol–water partition coefficient (Wildman–Crippen LogP) is 4.75. The van der Waals surface area contributed by atoms with Gasteiger partial charge in [0.2, 0.25) is 0 Å². The molecule has 10 heteroatoms. The number of carbonyl (C=O) groups excluding carboxylic acids is 2. The molecule has 0 fully saturated rings. The second-order valence-electron chi connectivity index (χ2n) is 7.30. The van der Waals surface area contributed by atoms with E-state index in [1.54, 1.807) is 24.3 Å². The molecule has 0 aromatic heterocycles. The number of amides is 2. The zero-order valence-electron chi connectivity index (χ0n) is 17.3. The molecule has 0 aliphatic heterocycles. The van der Waals surface area contributed by atoms with Crippen LogP contribution in [-0.2, 0) is 21.8 Å². The number of halogens is 3. The van der Waals surface area contributed by atoms with Gasteiger partial charge < -0.3 is 10.6 Å². The van der Waals surface area contributed by atoms with Crippen LogP contribution in [0.3, 0.4) is 0 Å². The maximum Gasteiger partial charge on any atom is 0.416 e. The monoisotopic (exact) mass is 476 g/mol. The molecule has 0 aliphatic carbocycles. The Hall–Kier alpha value is -3.66. The van der Waals surface area contributed by atoms with Crippen molar-refractivity contribution in [2.24, 2.45) is 0 Å². The maximum atomic E-state index is 12.9. The molecule has 0 spiro atoms. The summed E-state index contributed by atoms with van der Waals surface area (Å²) in [4.78, 5) is 25.4. The summed E-state index contributed by atoms with van der Waals surface area (Å²) in [7, 11) is -3.29. The van der Waals surface area contributed by atoms with Crippen molar-refractivity contribution >= 4 is 33.0 Å². The van der Waals surface area contributed by atoms with E-state index in [-0.39, 0.29) is 28.3 Å². The fraction of sp³-hybridized carbons (Fsp3) is 0.130. The number of rotatable bonds is 6. The first-order chi connectivity index (χ1) is 15.4. The van der Waals surface area contributed by atoms with Crippen LogP contribution < -0.4 is 10.6 Å². The van der Waals surface area contributed by atoms with Gasteiger partial charge in [0, 0.05) is 17.5 Å². The van der Waals surface area contributed by atoms with Crippen LogP contribution >= 0.6 is 0 Å². The Kier molecular flexibility index (Phi) is 6.87. The van der Waals surface area contributed by atoms with Crippen LogP contribution in [0.25, 0.3) is 0 Å². The van der Waals surface area contributed by atoms with Crippen molar-refractivity contribution in [1.82, 2.24) is 0 Å². The molecule has 172 valence electrons. The third-order valence-electron chi connectivity index (χ3n) is 4.49. The first kappa shape index (κ1) is 24.0. The molecule has 3 rings (SSSR count). The quantitative estimate of drug-likeness (QED) is 0.537. The van der Waals surface area contributed by atoms with Crippen molar-refractivity contribution in [3.63, 3.8) is 0 Å². The van der Waals surface area contributed by atoms with Crippen molar-refractivity contribution < 1.29 is 31.2 Å². The van der Waals surface area contributed by atoms with Gasteiger partial charge in [-0.2, -0.15) is 13.2 Å². The molecule has 0 aliphatic rings. The summed E-state index contributed by atoms with van der Waals surface area (Å²) in [5.74, 6) is -1.52. The highest BCUT2D eigenvalue weighted by molar-refractivity contribution is 7.89. The first-order valence-corrected chi connectivity index (χ1v) is 11.6. The first-order valence-electron chi connectivity index (χ1n) is 9.58. The van der Waals surface area contributed by atoms with Gasteiger partial charge >= 0.3 is 6.18 Å². The number of hydrogen-bond acceptors (Lipinski definition) is 4. The number of benzene rings is 3. The number of nitrogens with one attached hydrogen (secondary N) is 2. The van der Waals surface area contributed by atoms with Crippen LogP contribution in [0, 0.1) is 0 Å². The molecule has 3 aromatic rings. The third-order valence-corrected chi connectivity index (χ3v) is 5.34. The summed E-state index contributed by atoms with van der Waals surface area (Å²) in [5.41, 5.74) is -0.165. The second-order valence-corrected chi connectivity index (χ2v) is 9.44. The third kappa shape index (κ3) is 6.66. The van der Waals surface area contributed by atoms with E-state index in [9.17, 15) is 31.2 Å². The standard InChI is InChI=1S/C23H19F3N2O4S/c1-33(31,32)14-15-6-4-7-16(12-15)21(29)28-20-11-3-2-10-19(20)22(30)27-18-9-5-8-17(13-18)23(24,25)26/h2-13H,14H2,1H3,(H,27,30)(H,28,29). The lowest BCUT2D eigenvalue weighted by atomic mass is 10.1. The lowest BCUT2D eigenvalue weighted by Gasteiger charge is -2.13. The smallest absolute Gasteiger partial charge is 0.322 e. The highest BCUT2D eigenvalue weighted by atomic mass is 32.2. The van der Waals surface area contributed by atoms with Crippen LogP contribution in [0.2, 0.25) is 0 Å². The molecule has 6 nitrogen and oxygen atoms in total. The van der Waals surface area contributed by atoms with Crippen molar-refractivity contribution in [2.75, 3.05) is 16.9 Å². The molecule has 0 saturated heterocycles. The molecular formula is C23H19F3N2O4S. The van der Waals surface area contributed by atoms with Gasteiger partial charge in [0.05, 0.1) is 22.6 Å². The van der Waals surface area contributed by atoms with Gasteiger partial charge in [-0.05, 0) is 48.0 Å². The van der Waals surface area contributed by atoms with E-state index in [0.717, 1.165) is 18.4 Å². The van der Waals surface area contributed by atoms with E-state index < -0.39 is 33.4 Å². The van der Waals surface area contributed by atoms with Crippen LogP contribution in [-0.4, -0.2) is 26.5 Å². The van der Waals surface area contributed by atoms with Crippen LogP contribution in [0.5, 0.6) is 0 Å². The molecule has 0 bridgehead atoms. The highest BCUT2D eigenvalue weighted by Crippen LogP contribution is 2.31. The normalized spacial score (nSPS) is 11.6. The molecule has 3 aromatic carbocycles. The number of anilines is 2. The zero-order chi connectivity index (χ0) is 24.2. The molecule has 0 unspecified atom stereocenters. The van der Waals surface area contributed by atoms with Gasteiger partial charge in [-0.15, -0.1) is 0 Å². The minimum atomic E-state index is -4.56. The summed E-state index contributed by atoms with van der Waals surface area (Å²) < 4.78 is 61.8. The molecular weight excluding hydrogens is 457 g/mol. The maximum absolute atomic E-state index is 12.9. The Morgan fingerprint density at radius 1 is 0.848 bits per heavy atom.